The number of para-hydroxylation sites is 1. The zero-order valence-electron chi connectivity index (χ0n) is 20.0. The molecule has 0 bridgehead atoms. The minimum absolute atomic E-state index is 0.126. The highest BCUT2D eigenvalue weighted by Gasteiger charge is 2.24. The standard InChI is InChI=1S/C26H31ClO5/c1-15(2)31-23-17(4)22(25(29)32-26(5,6)7)16(3)14-18(23)12-13-21(28)19-10-9-11-20(27)24(19)30-8/h9-15H,1-8H3/b13-12+. The maximum Gasteiger partial charge on any atom is 0.339 e. The van der Waals surface area contributed by atoms with Crippen LogP contribution in [0.3, 0.4) is 0 Å². The van der Waals surface area contributed by atoms with Crippen LogP contribution in [0.25, 0.3) is 6.08 Å². The highest BCUT2D eigenvalue weighted by atomic mass is 35.5. The van der Waals surface area contributed by atoms with E-state index < -0.39 is 11.6 Å². The molecule has 0 amide bonds. The molecule has 2 rings (SSSR count). The Morgan fingerprint density at radius 1 is 1.09 bits per heavy atom. The van der Waals surface area contributed by atoms with Crippen LogP contribution < -0.4 is 9.47 Å². The second kappa shape index (κ2) is 10.2. The summed E-state index contributed by atoms with van der Waals surface area (Å²) in [4.78, 5) is 25.7. The van der Waals surface area contributed by atoms with Gasteiger partial charge in [-0.05, 0) is 84.4 Å². The third-order valence-electron chi connectivity index (χ3n) is 4.55. The van der Waals surface area contributed by atoms with Crippen LogP contribution in [-0.4, -0.2) is 30.6 Å². The van der Waals surface area contributed by atoms with E-state index >= 15 is 0 Å². The van der Waals surface area contributed by atoms with Crippen molar-refractivity contribution < 1.29 is 23.8 Å². The van der Waals surface area contributed by atoms with E-state index in [-0.39, 0.29) is 11.9 Å². The molecule has 0 fully saturated rings. The first-order valence-electron chi connectivity index (χ1n) is 10.4. The Bertz CT molecular complexity index is 1050. The van der Waals surface area contributed by atoms with Gasteiger partial charge in [0.05, 0.1) is 29.4 Å². The maximum atomic E-state index is 12.8. The van der Waals surface area contributed by atoms with Crippen LogP contribution in [0.1, 0.15) is 72.0 Å². The van der Waals surface area contributed by atoms with Crippen LogP contribution in [0.4, 0.5) is 0 Å². The number of halogens is 1. The summed E-state index contributed by atoms with van der Waals surface area (Å²) in [6.45, 7) is 13.0. The summed E-state index contributed by atoms with van der Waals surface area (Å²) in [5, 5.41) is 0.365. The molecule has 0 spiro atoms. The lowest BCUT2D eigenvalue weighted by Crippen LogP contribution is -2.25. The molecule has 0 aromatic heterocycles. The van der Waals surface area contributed by atoms with Gasteiger partial charge in [-0.15, -0.1) is 0 Å². The number of methoxy groups -OCH3 is 1. The zero-order chi connectivity index (χ0) is 24.2. The molecule has 0 unspecified atom stereocenters. The fourth-order valence-electron chi connectivity index (χ4n) is 3.32. The number of hydrogen-bond donors (Lipinski definition) is 0. The van der Waals surface area contributed by atoms with Crippen LogP contribution in [0.5, 0.6) is 11.5 Å². The van der Waals surface area contributed by atoms with Crippen LogP contribution in [0, 0.1) is 13.8 Å². The highest BCUT2D eigenvalue weighted by molar-refractivity contribution is 6.33. The summed E-state index contributed by atoms with van der Waals surface area (Å²) < 4.78 is 16.9. The summed E-state index contributed by atoms with van der Waals surface area (Å²) in [6.07, 6.45) is 3.00. The van der Waals surface area contributed by atoms with Gasteiger partial charge in [0.2, 0.25) is 0 Å². The van der Waals surface area contributed by atoms with Gasteiger partial charge in [0.1, 0.15) is 17.1 Å². The molecule has 0 aliphatic carbocycles. The summed E-state index contributed by atoms with van der Waals surface area (Å²) in [7, 11) is 1.47. The average molecular weight is 459 g/mol. The van der Waals surface area contributed by atoms with Crippen molar-refractivity contribution in [3.63, 3.8) is 0 Å². The molecule has 172 valence electrons. The van der Waals surface area contributed by atoms with E-state index in [1.807, 2.05) is 54.5 Å². The molecule has 6 heteroatoms. The van der Waals surface area contributed by atoms with E-state index in [0.717, 1.165) is 5.56 Å². The largest absolute Gasteiger partial charge is 0.494 e. The molecule has 0 aliphatic rings. The van der Waals surface area contributed by atoms with Gasteiger partial charge < -0.3 is 14.2 Å². The Labute approximate surface area is 195 Å². The predicted molar refractivity (Wildman–Crippen MR) is 128 cm³/mol. The fraction of sp³-hybridized carbons (Fsp3) is 0.385. The molecule has 0 saturated heterocycles. The number of ketones is 1. The van der Waals surface area contributed by atoms with Crippen LogP contribution in [-0.2, 0) is 4.74 Å². The number of carbonyl (C=O) groups is 2. The Morgan fingerprint density at radius 2 is 1.75 bits per heavy atom. The molecule has 0 radical (unpaired) electrons. The lowest BCUT2D eigenvalue weighted by atomic mass is 9.96. The normalized spacial score (nSPS) is 11.7. The number of allylic oxidation sites excluding steroid dienone is 1. The molecule has 0 heterocycles. The second-order valence-electron chi connectivity index (χ2n) is 8.80. The third kappa shape index (κ3) is 6.13. The molecule has 32 heavy (non-hydrogen) atoms. The van der Waals surface area contributed by atoms with Crippen molar-refractivity contribution in [2.45, 2.75) is 60.2 Å². The quantitative estimate of drug-likeness (QED) is 0.265. The Balaban J connectivity index is 2.53. The van der Waals surface area contributed by atoms with Crippen LogP contribution in [0.15, 0.2) is 30.3 Å². The van der Waals surface area contributed by atoms with Gasteiger partial charge in [-0.25, -0.2) is 4.79 Å². The topological polar surface area (TPSA) is 61.8 Å². The SMILES string of the molecule is COc1c(Cl)cccc1C(=O)/C=C/c1cc(C)c(C(=O)OC(C)(C)C)c(C)c1OC(C)C. The van der Waals surface area contributed by atoms with Gasteiger partial charge in [0.15, 0.2) is 5.78 Å². The summed E-state index contributed by atoms with van der Waals surface area (Å²) >= 11 is 6.14. The van der Waals surface area contributed by atoms with Crippen molar-refractivity contribution in [2.75, 3.05) is 7.11 Å². The molecular weight excluding hydrogens is 428 g/mol. The number of aryl methyl sites for hydroxylation is 1. The van der Waals surface area contributed by atoms with Gasteiger partial charge in [-0.1, -0.05) is 17.7 Å². The first-order chi connectivity index (χ1) is 14.9. The minimum Gasteiger partial charge on any atom is -0.494 e. The van der Waals surface area contributed by atoms with Gasteiger partial charge in [0.25, 0.3) is 0 Å². The van der Waals surface area contributed by atoms with E-state index in [4.69, 9.17) is 25.8 Å². The fourth-order valence-corrected chi connectivity index (χ4v) is 3.57. The average Bonchev–Trinajstić information content (AvgIpc) is 2.66. The Hall–Kier alpha value is -2.79. The number of hydrogen-bond acceptors (Lipinski definition) is 5. The van der Waals surface area contributed by atoms with Crippen molar-refractivity contribution >= 4 is 29.4 Å². The molecule has 0 atom stereocenters. The van der Waals surface area contributed by atoms with Gasteiger partial charge in [-0.3, -0.25) is 4.79 Å². The number of ether oxygens (including phenoxy) is 3. The lowest BCUT2D eigenvalue weighted by molar-refractivity contribution is 0.00671. The van der Waals surface area contributed by atoms with E-state index in [0.29, 0.717) is 38.8 Å². The molecule has 0 saturated carbocycles. The second-order valence-corrected chi connectivity index (χ2v) is 9.21. The summed E-state index contributed by atoms with van der Waals surface area (Å²) in [5.74, 6) is 0.200. The molecular formula is C26H31ClO5. The maximum absolute atomic E-state index is 12.8. The van der Waals surface area contributed by atoms with E-state index in [1.165, 1.54) is 13.2 Å². The Kier molecular flexibility index (Phi) is 8.13. The number of rotatable bonds is 7. The first-order valence-corrected chi connectivity index (χ1v) is 10.8. The van der Waals surface area contributed by atoms with Crippen molar-refractivity contribution in [3.05, 3.63) is 63.2 Å². The lowest BCUT2D eigenvalue weighted by Gasteiger charge is -2.23. The Morgan fingerprint density at radius 3 is 2.31 bits per heavy atom. The van der Waals surface area contributed by atoms with E-state index in [2.05, 4.69) is 0 Å². The van der Waals surface area contributed by atoms with Crippen LogP contribution >= 0.6 is 11.6 Å². The minimum atomic E-state index is -0.615. The van der Waals surface area contributed by atoms with Crippen molar-refractivity contribution in [2.24, 2.45) is 0 Å². The molecule has 5 nitrogen and oxygen atoms in total. The van der Waals surface area contributed by atoms with E-state index in [9.17, 15) is 9.59 Å². The van der Waals surface area contributed by atoms with Gasteiger partial charge in [0, 0.05) is 11.1 Å². The predicted octanol–water partition coefficient (Wildman–Crippen LogP) is 6.60. The van der Waals surface area contributed by atoms with Crippen molar-refractivity contribution in [1.82, 2.24) is 0 Å². The monoisotopic (exact) mass is 458 g/mol. The van der Waals surface area contributed by atoms with Crippen molar-refractivity contribution in [3.8, 4) is 11.5 Å². The zero-order valence-corrected chi connectivity index (χ0v) is 20.7. The molecule has 2 aromatic rings. The van der Waals surface area contributed by atoms with E-state index in [1.54, 1.807) is 24.3 Å². The van der Waals surface area contributed by atoms with Crippen LogP contribution in [0.2, 0.25) is 5.02 Å². The molecule has 2 aromatic carbocycles. The molecule has 0 N–H and O–H groups in total. The number of carbonyl (C=O) groups excluding carboxylic acids is 2. The smallest absolute Gasteiger partial charge is 0.339 e. The van der Waals surface area contributed by atoms with Gasteiger partial charge in [-0.2, -0.15) is 0 Å². The first kappa shape index (κ1) is 25.5. The molecule has 0 aliphatic heterocycles. The van der Waals surface area contributed by atoms with Gasteiger partial charge >= 0.3 is 5.97 Å². The highest BCUT2D eigenvalue weighted by Crippen LogP contribution is 2.33. The number of benzene rings is 2. The number of esters is 1. The summed E-state index contributed by atoms with van der Waals surface area (Å²) in [6, 6.07) is 6.84. The van der Waals surface area contributed by atoms with Crippen molar-refractivity contribution in [1.29, 1.82) is 0 Å². The summed E-state index contributed by atoms with van der Waals surface area (Å²) in [5.41, 5.74) is 2.31. The third-order valence-corrected chi connectivity index (χ3v) is 4.85.